The van der Waals surface area contributed by atoms with E-state index in [-0.39, 0.29) is 17.5 Å². The first kappa shape index (κ1) is 13.1. The Morgan fingerprint density at radius 3 is 2.75 bits per heavy atom. The standard InChI is InChI=1S/C11H19N3OS/c1-8(10(15)14-11(2,3)4)13-7-9-12-5-6-16-9/h5-6,8,13H,7H2,1-4H3,(H,14,15). The third-order valence-corrected chi connectivity index (χ3v) is 2.71. The molecule has 1 atom stereocenters. The highest BCUT2D eigenvalue weighted by molar-refractivity contribution is 7.09. The summed E-state index contributed by atoms with van der Waals surface area (Å²) in [7, 11) is 0. The second kappa shape index (κ2) is 5.41. The van der Waals surface area contributed by atoms with Crippen molar-refractivity contribution >= 4 is 17.2 Å². The van der Waals surface area contributed by atoms with Crippen LogP contribution in [0.15, 0.2) is 11.6 Å². The van der Waals surface area contributed by atoms with Crippen LogP contribution in [0.5, 0.6) is 0 Å². The fourth-order valence-corrected chi connectivity index (χ4v) is 1.72. The predicted octanol–water partition coefficient (Wildman–Crippen LogP) is 1.54. The number of carbonyl (C=O) groups excluding carboxylic acids is 1. The topological polar surface area (TPSA) is 54.0 Å². The Hall–Kier alpha value is -0.940. The number of hydrogen-bond acceptors (Lipinski definition) is 4. The van der Waals surface area contributed by atoms with Crippen molar-refractivity contribution in [3.63, 3.8) is 0 Å². The SMILES string of the molecule is CC(NCc1nccs1)C(=O)NC(C)(C)C. The van der Waals surface area contributed by atoms with Gasteiger partial charge in [-0.2, -0.15) is 0 Å². The van der Waals surface area contributed by atoms with Gasteiger partial charge in [0.25, 0.3) is 0 Å². The summed E-state index contributed by atoms with van der Waals surface area (Å²) in [6, 6.07) is -0.205. The van der Waals surface area contributed by atoms with Gasteiger partial charge in [0.15, 0.2) is 0 Å². The second-order valence-electron chi connectivity index (χ2n) is 4.77. The molecule has 0 saturated carbocycles. The minimum Gasteiger partial charge on any atom is -0.350 e. The van der Waals surface area contributed by atoms with Gasteiger partial charge in [0.2, 0.25) is 5.91 Å². The molecule has 0 aliphatic carbocycles. The van der Waals surface area contributed by atoms with Crippen LogP contribution < -0.4 is 10.6 Å². The molecule has 5 heteroatoms. The molecule has 4 nitrogen and oxygen atoms in total. The molecule has 2 N–H and O–H groups in total. The van der Waals surface area contributed by atoms with Crippen LogP contribution in [0.4, 0.5) is 0 Å². The number of thiazole rings is 1. The van der Waals surface area contributed by atoms with Crippen LogP contribution in [-0.4, -0.2) is 22.5 Å². The highest BCUT2D eigenvalue weighted by atomic mass is 32.1. The molecule has 1 amide bonds. The number of amides is 1. The Morgan fingerprint density at radius 2 is 2.25 bits per heavy atom. The monoisotopic (exact) mass is 241 g/mol. The van der Waals surface area contributed by atoms with Gasteiger partial charge in [-0.05, 0) is 27.7 Å². The lowest BCUT2D eigenvalue weighted by Crippen LogP contribution is -2.49. The van der Waals surface area contributed by atoms with E-state index in [1.165, 1.54) is 0 Å². The van der Waals surface area contributed by atoms with Crippen molar-refractivity contribution in [2.24, 2.45) is 0 Å². The maximum Gasteiger partial charge on any atom is 0.237 e. The molecule has 90 valence electrons. The molecule has 0 radical (unpaired) electrons. The van der Waals surface area contributed by atoms with Gasteiger partial charge in [-0.25, -0.2) is 4.98 Å². The van der Waals surface area contributed by atoms with Gasteiger partial charge in [-0.1, -0.05) is 0 Å². The van der Waals surface area contributed by atoms with Crippen LogP contribution in [0.2, 0.25) is 0 Å². The number of nitrogens with one attached hydrogen (secondary N) is 2. The number of nitrogens with zero attached hydrogens (tertiary/aromatic N) is 1. The Kier molecular flexibility index (Phi) is 4.44. The van der Waals surface area contributed by atoms with E-state index < -0.39 is 0 Å². The van der Waals surface area contributed by atoms with Crippen molar-refractivity contribution in [2.45, 2.75) is 45.8 Å². The van der Waals surface area contributed by atoms with E-state index in [9.17, 15) is 4.79 Å². The molecule has 1 aromatic heterocycles. The minimum atomic E-state index is -0.205. The van der Waals surface area contributed by atoms with Crippen LogP contribution in [0.25, 0.3) is 0 Å². The van der Waals surface area contributed by atoms with E-state index in [0.29, 0.717) is 6.54 Å². The molecule has 0 bridgehead atoms. The van der Waals surface area contributed by atoms with Crippen molar-refractivity contribution in [2.75, 3.05) is 0 Å². The molecule has 1 heterocycles. The summed E-state index contributed by atoms with van der Waals surface area (Å²) in [5.41, 5.74) is -0.186. The molecule has 0 aromatic carbocycles. The molecule has 0 fully saturated rings. The quantitative estimate of drug-likeness (QED) is 0.840. The zero-order chi connectivity index (χ0) is 12.2. The van der Waals surface area contributed by atoms with Gasteiger partial charge in [-0.3, -0.25) is 10.1 Å². The largest absolute Gasteiger partial charge is 0.350 e. The van der Waals surface area contributed by atoms with Crippen LogP contribution >= 0.6 is 11.3 Å². The van der Waals surface area contributed by atoms with Gasteiger partial charge in [0.05, 0.1) is 6.04 Å². The first-order valence-electron chi connectivity index (χ1n) is 5.32. The first-order valence-corrected chi connectivity index (χ1v) is 6.20. The highest BCUT2D eigenvalue weighted by Crippen LogP contribution is 2.04. The molecular formula is C11H19N3OS. The van der Waals surface area contributed by atoms with Crippen molar-refractivity contribution in [3.05, 3.63) is 16.6 Å². The van der Waals surface area contributed by atoms with Gasteiger partial charge < -0.3 is 5.32 Å². The molecule has 0 aliphatic heterocycles. The number of carbonyl (C=O) groups is 1. The van der Waals surface area contributed by atoms with Gasteiger partial charge in [0.1, 0.15) is 5.01 Å². The first-order chi connectivity index (χ1) is 7.38. The smallest absolute Gasteiger partial charge is 0.237 e. The molecule has 1 aromatic rings. The maximum absolute atomic E-state index is 11.7. The van der Waals surface area contributed by atoms with Gasteiger partial charge in [-0.15, -0.1) is 11.3 Å². The zero-order valence-electron chi connectivity index (χ0n) is 10.2. The minimum absolute atomic E-state index is 0.0176. The summed E-state index contributed by atoms with van der Waals surface area (Å²) in [5, 5.41) is 9.00. The third kappa shape index (κ3) is 4.72. The molecule has 0 spiro atoms. The molecule has 1 unspecified atom stereocenters. The summed E-state index contributed by atoms with van der Waals surface area (Å²) in [6.45, 7) is 8.40. The number of hydrogen-bond donors (Lipinski definition) is 2. The molecule has 1 rings (SSSR count). The fourth-order valence-electron chi connectivity index (χ4n) is 1.15. The van der Waals surface area contributed by atoms with E-state index in [1.54, 1.807) is 17.5 Å². The fraction of sp³-hybridized carbons (Fsp3) is 0.636. The van der Waals surface area contributed by atoms with E-state index in [1.807, 2.05) is 33.1 Å². The summed E-state index contributed by atoms with van der Waals surface area (Å²) < 4.78 is 0. The average Bonchev–Trinajstić information content (AvgIpc) is 2.63. The highest BCUT2D eigenvalue weighted by Gasteiger charge is 2.18. The summed E-state index contributed by atoms with van der Waals surface area (Å²) in [6.07, 6.45) is 1.77. The van der Waals surface area contributed by atoms with Crippen LogP contribution in [0.1, 0.15) is 32.7 Å². The Balaban J connectivity index is 2.35. The second-order valence-corrected chi connectivity index (χ2v) is 5.75. The predicted molar refractivity (Wildman–Crippen MR) is 66.3 cm³/mol. The Bertz CT molecular complexity index is 329. The average molecular weight is 241 g/mol. The summed E-state index contributed by atoms with van der Waals surface area (Å²) in [4.78, 5) is 15.9. The lowest BCUT2D eigenvalue weighted by molar-refractivity contribution is -0.124. The van der Waals surface area contributed by atoms with Crippen molar-refractivity contribution in [3.8, 4) is 0 Å². The van der Waals surface area contributed by atoms with E-state index in [0.717, 1.165) is 5.01 Å². The molecule has 0 saturated heterocycles. The number of aromatic nitrogens is 1. The van der Waals surface area contributed by atoms with Crippen molar-refractivity contribution < 1.29 is 4.79 Å². The molecular weight excluding hydrogens is 222 g/mol. The maximum atomic E-state index is 11.7. The van der Waals surface area contributed by atoms with Gasteiger partial charge >= 0.3 is 0 Å². The lowest BCUT2D eigenvalue weighted by Gasteiger charge is -2.23. The van der Waals surface area contributed by atoms with Crippen LogP contribution in [0, 0.1) is 0 Å². The van der Waals surface area contributed by atoms with Crippen LogP contribution in [0.3, 0.4) is 0 Å². The molecule has 0 aliphatic rings. The normalized spacial score (nSPS) is 13.5. The Labute approximate surface area is 100 Å². The van der Waals surface area contributed by atoms with E-state index in [2.05, 4.69) is 15.6 Å². The lowest BCUT2D eigenvalue weighted by atomic mass is 10.1. The van der Waals surface area contributed by atoms with E-state index in [4.69, 9.17) is 0 Å². The molecule has 16 heavy (non-hydrogen) atoms. The van der Waals surface area contributed by atoms with Gasteiger partial charge in [0, 0.05) is 23.7 Å². The van der Waals surface area contributed by atoms with Crippen molar-refractivity contribution in [1.29, 1.82) is 0 Å². The summed E-state index contributed by atoms with van der Waals surface area (Å²) >= 11 is 1.58. The van der Waals surface area contributed by atoms with Crippen LogP contribution in [-0.2, 0) is 11.3 Å². The summed E-state index contributed by atoms with van der Waals surface area (Å²) in [5.74, 6) is 0.0176. The van der Waals surface area contributed by atoms with Crippen molar-refractivity contribution in [1.82, 2.24) is 15.6 Å². The Morgan fingerprint density at radius 1 is 1.56 bits per heavy atom. The zero-order valence-corrected chi connectivity index (χ0v) is 11.0. The third-order valence-electron chi connectivity index (χ3n) is 1.93. The number of rotatable bonds is 4. The van der Waals surface area contributed by atoms with E-state index >= 15 is 0 Å².